The van der Waals surface area contributed by atoms with Crippen LogP contribution in [-0.4, -0.2) is 4.98 Å². The van der Waals surface area contributed by atoms with Crippen LogP contribution in [0.4, 0.5) is 0 Å². The third kappa shape index (κ3) is 3.93. The molecular weight excluding hydrogens is 567 g/mol. The van der Waals surface area contributed by atoms with E-state index in [2.05, 4.69) is 157 Å². The molecule has 8 aromatic carbocycles. The first-order valence-electron chi connectivity index (χ1n) is 16.3. The Morgan fingerprint density at radius 1 is 0.404 bits per heavy atom. The SMILES string of the molecule is c1cncc(-c2cc3ccc(-c4ccc(C5c6ccccc6-c6c5c5ccccc5c5ccccc65)cc4)cc3c3ccccc23)c1. The summed E-state index contributed by atoms with van der Waals surface area (Å²) in [6, 6.07) is 58.3. The number of nitrogens with zero attached hydrogens (tertiary/aromatic N) is 1. The van der Waals surface area contributed by atoms with Gasteiger partial charge in [0.25, 0.3) is 0 Å². The summed E-state index contributed by atoms with van der Waals surface area (Å²) in [6.07, 6.45) is 3.79. The van der Waals surface area contributed by atoms with Crippen molar-refractivity contribution in [2.75, 3.05) is 0 Å². The smallest absolute Gasteiger partial charge is 0.0358 e. The van der Waals surface area contributed by atoms with Gasteiger partial charge in [0, 0.05) is 23.9 Å². The first-order chi connectivity index (χ1) is 23.3. The number of fused-ring (bicyclic) bond motifs is 11. The van der Waals surface area contributed by atoms with Crippen molar-refractivity contribution >= 4 is 43.1 Å². The molecule has 1 aromatic heterocycles. The van der Waals surface area contributed by atoms with Crippen LogP contribution in [0.2, 0.25) is 0 Å². The molecule has 1 atom stereocenters. The van der Waals surface area contributed by atoms with Gasteiger partial charge >= 0.3 is 0 Å². The largest absolute Gasteiger partial charge is 0.264 e. The van der Waals surface area contributed by atoms with E-state index in [0.717, 1.165) is 5.56 Å². The summed E-state index contributed by atoms with van der Waals surface area (Å²) < 4.78 is 0. The van der Waals surface area contributed by atoms with E-state index >= 15 is 0 Å². The molecule has 1 unspecified atom stereocenters. The third-order valence-corrected chi connectivity index (χ3v) is 10.2. The Morgan fingerprint density at radius 2 is 1.04 bits per heavy atom. The van der Waals surface area contributed by atoms with E-state index < -0.39 is 0 Å². The maximum Gasteiger partial charge on any atom is 0.0358 e. The van der Waals surface area contributed by atoms with Gasteiger partial charge in [-0.1, -0.05) is 140 Å². The van der Waals surface area contributed by atoms with Crippen molar-refractivity contribution in [3.8, 4) is 33.4 Å². The third-order valence-electron chi connectivity index (χ3n) is 10.2. The second-order valence-electron chi connectivity index (χ2n) is 12.7. The van der Waals surface area contributed by atoms with Crippen LogP contribution in [0.25, 0.3) is 76.5 Å². The molecule has 0 fully saturated rings. The molecule has 0 aliphatic heterocycles. The summed E-state index contributed by atoms with van der Waals surface area (Å²) in [5.74, 6) is 0.177. The molecule has 47 heavy (non-hydrogen) atoms. The number of pyridine rings is 1. The predicted octanol–water partition coefficient (Wildman–Crippen LogP) is 12.2. The molecule has 0 saturated carbocycles. The summed E-state index contributed by atoms with van der Waals surface area (Å²) >= 11 is 0. The van der Waals surface area contributed by atoms with Crippen molar-refractivity contribution in [2.24, 2.45) is 0 Å². The number of hydrogen-bond donors (Lipinski definition) is 0. The predicted molar refractivity (Wildman–Crippen MR) is 198 cm³/mol. The lowest BCUT2D eigenvalue weighted by molar-refractivity contribution is 1.03. The topological polar surface area (TPSA) is 12.9 Å². The van der Waals surface area contributed by atoms with E-state index in [1.165, 1.54) is 87.6 Å². The van der Waals surface area contributed by atoms with E-state index in [9.17, 15) is 0 Å². The maximum atomic E-state index is 4.39. The van der Waals surface area contributed by atoms with Crippen LogP contribution < -0.4 is 0 Å². The van der Waals surface area contributed by atoms with Gasteiger partial charge in [-0.3, -0.25) is 4.98 Å². The fraction of sp³-hybridized carbons (Fsp3) is 0.0217. The fourth-order valence-corrected chi connectivity index (χ4v) is 8.15. The highest BCUT2D eigenvalue weighted by Crippen LogP contribution is 2.54. The molecule has 1 aliphatic rings. The molecule has 0 N–H and O–H groups in total. The summed E-state index contributed by atoms with van der Waals surface area (Å²) in [7, 11) is 0. The van der Waals surface area contributed by atoms with Crippen molar-refractivity contribution in [3.63, 3.8) is 0 Å². The van der Waals surface area contributed by atoms with E-state index in [4.69, 9.17) is 0 Å². The van der Waals surface area contributed by atoms with Gasteiger partial charge in [0.15, 0.2) is 0 Å². The van der Waals surface area contributed by atoms with E-state index in [1.807, 2.05) is 18.5 Å². The molecule has 0 saturated heterocycles. The maximum absolute atomic E-state index is 4.39. The molecular formula is C46H29N. The Balaban J connectivity index is 1.12. The Morgan fingerprint density at radius 3 is 1.81 bits per heavy atom. The summed E-state index contributed by atoms with van der Waals surface area (Å²) in [5.41, 5.74) is 11.7. The molecule has 10 rings (SSSR count). The van der Waals surface area contributed by atoms with Gasteiger partial charge in [-0.15, -0.1) is 0 Å². The molecule has 1 heteroatoms. The highest BCUT2D eigenvalue weighted by Gasteiger charge is 2.33. The van der Waals surface area contributed by atoms with Crippen LogP contribution in [0.15, 0.2) is 170 Å². The monoisotopic (exact) mass is 595 g/mol. The lowest BCUT2D eigenvalue weighted by Crippen LogP contribution is -2.00. The van der Waals surface area contributed by atoms with Crippen molar-refractivity contribution in [1.29, 1.82) is 0 Å². The van der Waals surface area contributed by atoms with Gasteiger partial charge in [0.2, 0.25) is 0 Å². The van der Waals surface area contributed by atoms with Crippen molar-refractivity contribution in [2.45, 2.75) is 5.92 Å². The lowest BCUT2D eigenvalue weighted by atomic mass is 9.84. The van der Waals surface area contributed by atoms with Crippen molar-refractivity contribution in [1.82, 2.24) is 4.98 Å². The molecule has 218 valence electrons. The minimum absolute atomic E-state index is 0.177. The lowest BCUT2D eigenvalue weighted by Gasteiger charge is -2.19. The standard InChI is InChI=1S/C46H29N/c1-2-14-37-36(13-1)42-26-31(23-24-32(42)27-43(37)33-10-9-25-47-28-33)29-19-21-30(22-20-29)44-40-17-7-8-18-41(40)45-38-15-5-3-11-34(38)35-12-4-6-16-39(35)46(44)45/h1-28,44H. The summed E-state index contributed by atoms with van der Waals surface area (Å²) in [4.78, 5) is 4.39. The summed E-state index contributed by atoms with van der Waals surface area (Å²) in [6.45, 7) is 0. The number of rotatable bonds is 3. The fourth-order valence-electron chi connectivity index (χ4n) is 8.15. The zero-order valence-corrected chi connectivity index (χ0v) is 25.7. The van der Waals surface area contributed by atoms with Gasteiger partial charge in [-0.05, 0) is 106 Å². The number of aromatic nitrogens is 1. The van der Waals surface area contributed by atoms with E-state index in [1.54, 1.807) is 0 Å². The minimum atomic E-state index is 0.177. The first-order valence-corrected chi connectivity index (χ1v) is 16.3. The summed E-state index contributed by atoms with van der Waals surface area (Å²) in [5, 5.41) is 10.4. The van der Waals surface area contributed by atoms with Crippen molar-refractivity contribution in [3.05, 3.63) is 187 Å². The van der Waals surface area contributed by atoms with E-state index in [0.29, 0.717) is 0 Å². The van der Waals surface area contributed by atoms with Crippen LogP contribution in [0.3, 0.4) is 0 Å². The van der Waals surface area contributed by atoms with Gasteiger partial charge in [-0.2, -0.15) is 0 Å². The molecule has 1 aliphatic carbocycles. The Labute approximate surface area is 273 Å². The molecule has 0 spiro atoms. The Kier molecular flexibility index (Phi) is 5.70. The van der Waals surface area contributed by atoms with Gasteiger partial charge in [-0.25, -0.2) is 0 Å². The van der Waals surface area contributed by atoms with Crippen LogP contribution in [0, 0.1) is 0 Å². The Hall–Kier alpha value is -6.05. The highest BCUT2D eigenvalue weighted by molar-refractivity contribution is 6.18. The normalized spacial score (nSPS) is 13.7. The van der Waals surface area contributed by atoms with Crippen LogP contribution in [0.1, 0.15) is 22.6 Å². The van der Waals surface area contributed by atoms with Crippen LogP contribution >= 0.6 is 0 Å². The quantitative estimate of drug-likeness (QED) is 0.185. The van der Waals surface area contributed by atoms with Crippen LogP contribution in [0.5, 0.6) is 0 Å². The van der Waals surface area contributed by atoms with E-state index in [-0.39, 0.29) is 5.92 Å². The highest BCUT2D eigenvalue weighted by atomic mass is 14.6. The average molecular weight is 596 g/mol. The minimum Gasteiger partial charge on any atom is -0.264 e. The van der Waals surface area contributed by atoms with Gasteiger partial charge in [0.05, 0.1) is 0 Å². The first kappa shape index (κ1) is 26.2. The number of benzene rings is 8. The van der Waals surface area contributed by atoms with Crippen molar-refractivity contribution < 1.29 is 0 Å². The zero-order chi connectivity index (χ0) is 30.9. The molecule has 0 bridgehead atoms. The van der Waals surface area contributed by atoms with Gasteiger partial charge in [0.1, 0.15) is 0 Å². The zero-order valence-electron chi connectivity index (χ0n) is 25.7. The number of hydrogen-bond acceptors (Lipinski definition) is 1. The second-order valence-corrected chi connectivity index (χ2v) is 12.7. The molecule has 1 nitrogen and oxygen atoms in total. The molecule has 0 radical (unpaired) electrons. The van der Waals surface area contributed by atoms with Crippen LogP contribution in [-0.2, 0) is 0 Å². The second kappa shape index (κ2) is 10.2. The molecule has 9 aromatic rings. The Bertz CT molecular complexity index is 2670. The molecule has 0 amide bonds. The van der Waals surface area contributed by atoms with Gasteiger partial charge < -0.3 is 0 Å². The average Bonchev–Trinajstić information content (AvgIpc) is 3.51. The molecule has 1 heterocycles.